The first-order valence-electron chi connectivity index (χ1n) is 10.00. The minimum Gasteiger partial charge on any atom is -0.329 e. The van der Waals surface area contributed by atoms with Gasteiger partial charge in [-0.05, 0) is 38.3 Å². The summed E-state index contributed by atoms with van der Waals surface area (Å²) in [5.41, 5.74) is 4.54. The zero-order valence-electron chi connectivity index (χ0n) is 16.4. The second-order valence-electron chi connectivity index (χ2n) is 8.16. The van der Waals surface area contributed by atoms with Crippen LogP contribution in [0.2, 0.25) is 0 Å². The highest BCUT2D eigenvalue weighted by Crippen LogP contribution is 2.45. The Morgan fingerprint density at radius 2 is 1.84 bits per heavy atom. The van der Waals surface area contributed by atoms with Gasteiger partial charge in [0.2, 0.25) is 5.52 Å². The van der Waals surface area contributed by atoms with Crippen LogP contribution >= 0.6 is 0 Å². The largest absolute Gasteiger partial charge is 0.329 e. The maximum absolute atomic E-state index is 2.64. The normalized spacial score (nSPS) is 25.3. The Kier molecular flexibility index (Phi) is 3.72. The molecule has 25 heavy (non-hydrogen) atoms. The molecule has 1 aliphatic rings. The monoisotopic (exact) mass is 335 g/mol. The Balaban J connectivity index is 2.17. The topological polar surface area (TPSA) is 8.81 Å². The summed E-state index contributed by atoms with van der Waals surface area (Å²) in [5, 5.41) is 2.81. The fourth-order valence-electron chi connectivity index (χ4n) is 5.07. The molecule has 3 heterocycles. The fraction of sp³-hybridized carbons (Fsp3) is 0.522. The van der Waals surface area contributed by atoms with Gasteiger partial charge in [0.25, 0.3) is 0 Å². The standard InChI is InChI=1S/C23H31N2/c1-6-9-11-18-16-25-21-19(18)14-13-17-12-10-15-24(20(17)21)22(4,7-2)23(25,5)8-3/h10,12-16H,6-9,11H2,1-5H3/q+1. The van der Waals surface area contributed by atoms with Crippen molar-refractivity contribution < 1.29 is 4.57 Å². The van der Waals surface area contributed by atoms with Crippen molar-refractivity contribution in [1.82, 2.24) is 4.57 Å². The maximum atomic E-state index is 2.64. The summed E-state index contributed by atoms with van der Waals surface area (Å²) in [4.78, 5) is 0. The molecule has 1 aliphatic heterocycles. The van der Waals surface area contributed by atoms with Crippen molar-refractivity contribution >= 4 is 21.8 Å². The quantitative estimate of drug-likeness (QED) is 0.530. The van der Waals surface area contributed by atoms with Crippen LogP contribution in [0.1, 0.15) is 65.9 Å². The Labute approximate surface area is 151 Å². The molecular formula is C23H31N2+. The molecule has 1 aromatic carbocycles. The third kappa shape index (κ3) is 1.94. The van der Waals surface area contributed by atoms with Gasteiger partial charge in [-0.3, -0.25) is 0 Å². The maximum Gasteiger partial charge on any atom is 0.238 e. The van der Waals surface area contributed by atoms with Crippen LogP contribution in [0.3, 0.4) is 0 Å². The van der Waals surface area contributed by atoms with Gasteiger partial charge < -0.3 is 4.57 Å². The minimum absolute atomic E-state index is 0.0730. The highest BCUT2D eigenvalue weighted by molar-refractivity contribution is 6.03. The first-order valence-corrected chi connectivity index (χ1v) is 10.00. The minimum atomic E-state index is 0.0730. The lowest BCUT2D eigenvalue weighted by molar-refractivity contribution is -0.753. The van der Waals surface area contributed by atoms with Gasteiger partial charge in [0.1, 0.15) is 11.1 Å². The Morgan fingerprint density at radius 3 is 2.52 bits per heavy atom. The Bertz CT molecular complexity index is 952. The van der Waals surface area contributed by atoms with Crippen LogP contribution in [0.4, 0.5) is 0 Å². The van der Waals surface area contributed by atoms with Crippen LogP contribution in [0.5, 0.6) is 0 Å². The number of unbranched alkanes of at least 4 members (excludes halogenated alkanes) is 1. The average molecular weight is 336 g/mol. The van der Waals surface area contributed by atoms with Crippen LogP contribution in [0, 0.1) is 0 Å². The van der Waals surface area contributed by atoms with E-state index in [0.29, 0.717) is 0 Å². The first kappa shape index (κ1) is 16.6. The van der Waals surface area contributed by atoms with Crippen molar-refractivity contribution in [3.8, 4) is 0 Å². The first-order chi connectivity index (χ1) is 12.0. The zero-order valence-corrected chi connectivity index (χ0v) is 16.4. The second-order valence-corrected chi connectivity index (χ2v) is 8.16. The predicted molar refractivity (Wildman–Crippen MR) is 106 cm³/mol. The summed E-state index contributed by atoms with van der Waals surface area (Å²) in [7, 11) is 0. The molecule has 0 saturated heterocycles. The van der Waals surface area contributed by atoms with Crippen molar-refractivity contribution in [2.24, 2.45) is 0 Å². The third-order valence-electron chi connectivity index (χ3n) is 7.21. The number of hydrogen-bond acceptors (Lipinski definition) is 0. The molecule has 3 aromatic rings. The van der Waals surface area contributed by atoms with Crippen molar-refractivity contribution in [3.05, 3.63) is 42.2 Å². The molecule has 0 aliphatic carbocycles. The van der Waals surface area contributed by atoms with Gasteiger partial charge in [0.05, 0.1) is 5.39 Å². The summed E-state index contributed by atoms with van der Waals surface area (Å²) in [6, 6.07) is 9.15. The van der Waals surface area contributed by atoms with E-state index < -0.39 is 0 Å². The molecule has 2 aromatic heterocycles. The molecule has 0 spiro atoms. The summed E-state index contributed by atoms with van der Waals surface area (Å²) in [6.45, 7) is 11.9. The number of aryl methyl sites for hydroxylation is 1. The predicted octanol–water partition coefficient (Wildman–Crippen LogP) is 5.69. The van der Waals surface area contributed by atoms with Crippen LogP contribution in [-0.2, 0) is 17.5 Å². The van der Waals surface area contributed by atoms with Gasteiger partial charge in [-0.1, -0.05) is 39.3 Å². The SMILES string of the molecule is CCCCc1c[n+]2c3c1ccc1cccn(c13)C(C)(CC)C2(C)CC. The van der Waals surface area contributed by atoms with Crippen molar-refractivity contribution in [3.63, 3.8) is 0 Å². The van der Waals surface area contributed by atoms with Gasteiger partial charge in [-0.2, -0.15) is 4.57 Å². The summed E-state index contributed by atoms with van der Waals surface area (Å²) < 4.78 is 5.22. The van der Waals surface area contributed by atoms with E-state index in [1.807, 2.05) is 0 Å². The molecule has 0 N–H and O–H groups in total. The summed E-state index contributed by atoms with van der Waals surface area (Å²) >= 11 is 0. The van der Waals surface area contributed by atoms with Gasteiger partial charge in [0, 0.05) is 30.5 Å². The summed E-state index contributed by atoms with van der Waals surface area (Å²) in [6.07, 6.45) is 10.7. The Morgan fingerprint density at radius 1 is 1.04 bits per heavy atom. The fourth-order valence-corrected chi connectivity index (χ4v) is 5.07. The van der Waals surface area contributed by atoms with E-state index in [1.54, 1.807) is 0 Å². The number of rotatable bonds is 5. The molecule has 4 rings (SSSR count). The highest BCUT2D eigenvalue weighted by Gasteiger charge is 2.55. The lowest BCUT2D eigenvalue weighted by Crippen LogP contribution is -2.68. The van der Waals surface area contributed by atoms with E-state index >= 15 is 0 Å². The average Bonchev–Trinajstić information content (AvgIpc) is 3.03. The van der Waals surface area contributed by atoms with E-state index in [2.05, 4.69) is 80.4 Å². The van der Waals surface area contributed by atoms with Gasteiger partial charge in [-0.15, -0.1) is 0 Å². The van der Waals surface area contributed by atoms with E-state index in [9.17, 15) is 0 Å². The Hall–Kier alpha value is -1.83. The molecule has 2 atom stereocenters. The molecule has 2 heteroatoms. The van der Waals surface area contributed by atoms with Crippen molar-refractivity contribution in [1.29, 1.82) is 0 Å². The van der Waals surface area contributed by atoms with Gasteiger partial charge in [-0.25, -0.2) is 0 Å². The van der Waals surface area contributed by atoms with Gasteiger partial charge >= 0.3 is 0 Å². The van der Waals surface area contributed by atoms with Crippen molar-refractivity contribution in [2.45, 2.75) is 77.8 Å². The molecule has 2 unspecified atom stereocenters. The smallest absolute Gasteiger partial charge is 0.238 e. The number of benzene rings is 1. The molecule has 0 saturated carbocycles. The third-order valence-corrected chi connectivity index (χ3v) is 7.21. The number of aromatic nitrogens is 2. The van der Waals surface area contributed by atoms with E-state index in [-0.39, 0.29) is 11.1 Å². The number of nitrogens with zero attached hydrogens (tertiary/aromatic N) is 2. The molecule has 0 amide bonds. The van der Waals surface area contributed by atoms with E-state index in [0.717, 1.165) is 12.8 Å². The molecule has 132 valence electrons. The second kappa shape index (κ2) is 5.59. The van der Waals surface area contributed by atoms with E-state index in [4.69, 9.17) is 0 Å². The van der Waals surface area contributed by atoms with Crippen LogP contribution in [0.15, 0.2) is 36.7 Å². The molecule has 0 bridgehead atoms. The van der Waals surface area contributed by atoms with Crippen LogP contribution in [-0.4, -0.2) is 4.57 Å². The molecule has 2 nitrogen and oxygen atoms in total. The molecule has 0 fully saturated rings. The van der Waals surface area contributed by atoms with Gasteiger partial charge in [0.15, 0.2) is 11.7 Å². The zero-order chi connectivity index (χ0) is 17.8. The van der Waals surface area contributed by atoms with E-state index in [1.165, 1.54) is 46.6 Å². The molecular weight excluding hydrogens is 304 g/mol. The van der Waals surface area contributed by atoms with Crippen molar-refractivity contribution in [2.75, 3.05) is 0 Å². The lowest BCUT2D eigenvalue weighted by Gasteiger charge is -2.45. The van der Waals surface area contributed by atoms with Crippen LogP contribution in [0.25, 0.3) is 21.8 Å². The molecule has 0 radical (unpaired) electrons. The lowest BCUT2D eigenvalue weighted by atomic mass is 9.73. The number of hydrogen-bond donors (Lipinski definition) is 0. The summed E-state index contributed by atoms with van der Waals surface area (Å²) in [5.74, 6) is 0. The highest BCUT2D eigenvalue weighted by atomic mass is 15.2. The number of pyridine rings is 1. The van der Waals surface area contributed by atoms with Crippen LogP contribution < -0.4 is 4.57 Å².